The van der Waals surface area contributed by atoms with Crippen molar-refractivity contribution in [1.29, 1.82) is 0 Å². The molecule has 15 heavy (non-hydrogen) atoms. The lowest BCUT2D eigenvalue weighted by Crippen LogP contribution is -2.30. The van der Waals surface area contributed by atoms with Gasteiger partial charge in [0.1, 0.15) is 0 Å². The summed E-state index contributed by atoms with van der Waals surface area (Å²) in [6.45, 7) is 2.85. The fourth-order valence-corrected chi connectivity index (χ4v) is 1.89. The van der Waals surface area contributed by atoms with Crippen LogP contribution >= 0.6 is 0 Å². The highest BCUT2D eigenvalue weighted by Crippen LogP contribution is 2.17. The molecule has 0 amide bonds. The summed E-state index contributed by atoms with van der Waals surface area (Å²) in [5, 5.41) is 0. The molecule has 0 spiro atoms. The molecule has 0 saturated carbocycles. The molecule has 0 aliphatic carbocycles. The van der Waals surface area contributed by atoms with Gasteiger partial charge in [-0.1, -0.05) is 30.2 Å². The van der Waals surface area contributed by atoms with Crippen LogP contribution in [0.2, 0.25) is 0 Å². The number of hydrogen-bond acceptors (Lipinski definition) is 1. The van der Waals surface area contributed by atoms with E-state index in [1.54, 1.807) is 0 Å². The first-order valence-corrected chi connectivity index (χ1v) is 5.13. The summed E-state index contributed by atoms with van der Waals surface area (Å²) in [4.78, 5) is 2.33. The van der Waals surface area contributed by atoms with Crippen LogP contribution in [0.4, 0.5) is 0 Å². The Labute approximate surface area is 91.1 Å². The van der Waals surface area contributed by atoms with E-state index in [9.17, 15) is 0 Å². The van der Waals surface area contributed by atoms with Crippen molar-refractivity contribution in [2.45, 2.75) is 13.0 Å². The van der Waals surface area contributed by atoms with Crippen molar-refractivity contribution in [2.75, 3.05) is 13.1 Å². The molecule has 1 heteroatoms. The SMILES string of the molecule is C#CC#CCN1CCc2ccccc2C1. The van der Waals surface area contributed by atoms with Gasteiger partial charge in [0.2, 0.25) is 0 Å². The normalized spacial score (nSPS) is 14.6. The second kappa shape index (κ2) is 4.69. The fraction of sp³-hybridized carbons (Fsp3) is 0.286. The highest BCUT2D eigenvalue weighted by molar-refractivity contribution is 5.29. The van der Waals surface area contributed by atoms with E-state index in [4.69, 9.17) is 6.42 Å². The molecule has 1 aliphatic rings. The van der Waals surface area contributed by atoms with Gasteiger partial charge in [-0.15, -0.1) is 6.42 Å². The molecule has 1 aliphatic heterocycles. The Morgan fingerprint density at radius 1 is 1.27 bits per heavy atom. The van der Waals surface area contributed by atoms with Crippen molar-refractivity contribution < 1.29 is 0 Å². The van der Waals surface area contributed by atoms with Gasteiger partial charge < -0.3 is 0 Å². The Morgan fingerprint density at radius 2 is 2.07 bits per heavy atom. The van der Waals surface area contributed by atoms with Gasteiger partial charge in [-0.2, -0.15) is 0 Å². The molecule has 0 radical (unpaired) electrons. The smallest absolute Gasteiger partial charge is 0.0614 e. The van der Waals surface area contributed by atoms with Crippen LogP contribution < -0.4 is 0 Å². The first-order chi connectivity index (χ1) is 7.40. The van der Waals surface area contributed by atoms with Crippen LogP contribution in [0.3, 0.4) is 0 Å². The lowest BCUT2D eigenvalue weighted by Gasteiger charge is -2.26. The van der Waals surface area contributed by atoms with Gasteiger partial charge in [0.05, 0.1) is 6.54 Å². The average Bonchev–Trinajstić information content (AvgIpc) is 2.29. The van der Waals surface area contributed by atoms with Gasteiger partial charge in [-0.3, -0.25) is 4.90 Å². The van der Waals surface area contributed by atoms with Crippen molar-refractivity contribution >= 4 is 0 Å². The predicted molar refractivity (Wildman–Crippen MR) is 62.0 cm³/mol. The van der Waals surface area contributed by atoms with E-state index >= 15 is 0 Å². The van der Waals surface area contributed by atoms with Gasteiger partial charge >= 0.3 is 0 Å². The lowest BCUT2D eigenvalue weighted by atomic mass is 10.0. The fourth-order valence-electron chi connectivity index (χ4n) is 1.89. The maximum Gasteiger partial charge on any atom is 0.0614 e. The minimum atomic E-state index is 0.776. The van der Waals surface area contributed by atoms with Crippen LogP contribution in [0.15, 0.2) is 24.3 Å². The summed E-state index contributed by atoms with van der Waals surface area (Å²) in [5.41, 5.74) is 2.89. The second-order valence-corrected chi connectivity index (χ2v) is 3.68. The van der Waals surface area contributed by atoms with E-state index < -0.39 is 0 Å². The van der Waals surface area contributed by atoms with Gasteiger partial charge in [0.25, 0.3) is 0 Å². The van der Waals surface area contributed by atoms with Crippen LogP contribution in [0.25, 0.3) is 0 Å². The van der Waals surface area contributed by atoms with Crippen molar-refractivity contribution in [2.24, 2.45) is 0 Å². The summed E-state index contributed by atoms with van der Waals surface area (Å²) in [5.74, 6) is 7.97. The summed E-state index contributed by atoms with van der Waals surface area (Å²) in [7, 11) is 0. The zero-order valence-electron chi connectivity index (χ0n) is 8.66. The zero-order chi connectivity index (χ0) is 10.5. The van der Waals surface area contributed by atoms with Crippen LogP contribution in [0.5, 0.6) is 0 Å². The van der Waals surface area contributed by atoms with E-state index in [1.807, 2.05) is 0 Å². The van der Waals surface area contributed by atoms with Crippen LogP contribution in [-0.4, -0.2) is 18.0 Å². The summed E-state index contributed by atoms with van der Waals surface area (Å²) >= 11 is 0. The minimum absolute atomic E-state index is 0.776. The quantitative estimate of drug-likeness (QED) is 0.616. The molecule has 0 unspecified atom stereocenters. The van der Waals surface area contributed by atoms with Crippen LogP contribution in [-0.2, 0) is 13.0 Å². The maximum atomic E-state index is 5.08. The monoisotopic (exact) mass is 195 g/mol. The van der Waals surface area contributed by atoms with Crippen molar-refractivity contribution in [3.63, 3.8) is 0 Å². The minimum Gasteiger partial charge on any atom is -0.288 e. The lowest BCUT2D eigenvalue weighted by molar-refractivity contribution is 0.286. The average molecular weight is 195 g/mol. The van der Waals surface area contributed by atoms with Crippen molar-refractivity contribution in [3.05, 3.63) is 35.4 Å². The molecule has 74 valence electrons. The van der Waals surface area contributed by atoms with Crippen LogP contribution in [0, 0.1) is 24.2 Å². The van der Waals surface area contributed by atoms with Gasteiger partial charge in [-0.25, -0.2) is 0 Å². The molecular weight excluding hydrogens is 182 g/mol. The Kier molecular flexibility index (Phi) is 3.08. The number of terminal acetylenes is 1. The van der Waals surface area contributed by atoms with Crippen molar-refractivity contribution in [3.8, 4) is 24.2 Å². The third-order valence-corrected chi connectivity index (χ3v) is 2.67. The maximum absolute atomic E-state index is 5.08. The van der Waals surface area contributed by atoms with Gasteiger partial charge in [-0.05, 0) is 29.4 Å². The van der Waals surface area contributed by atoms with E-state index in [2.05, 4.69) is 46.9 Å². The van der Waals surface area contributed by atoms with Crippen molar-refractivity contribution in [1.82, 2.24) is 4.90 Å². The Morgan fingerprint density at radius 3 is 2.87 bits per heavy atom. The zero-order valence-corrected chi connectivity index (χ0v) is 8.66. The first kappa shape index (κ1) is 9.84. The molecular formula is C14H13N. The van der Waals surface area contributed by atoms with Gasteiger partial charge in [0, 0.05) is 13.1 Å². The molecule has 2 rings (SSSR count). The molecule has 0 atom stereocenters. The first-order valence-electron chi connectivity index (χ1n) is 5.13. The second-order valence-electron chi connectivity index (χ2n) is 3.68. The van der Waals surface area contributed by atoms with Gasteiger partial charge in [0.15, 0.2) is 0 Å². The highest BCUT2D eigenvalue weighted by Gasteiger charge is 2.13. The number of benzene rings is 1. The van der Waals surface area contributed by atoms with E-state index in [0.29, 0.717) is 0 Å². The number of nitrogens with zero attached hydrogens (tertiary/aromatic N) is 1. The van der Waals surface area contributed by atoms with E-state index in [0.717, 1.165) is 26.1 Å². The van der Waals surface area contributed by atoms with Crippen LogP contribution in [0.1, 0.15) is 11.1 Å². The predicted octanol–water partition coefficient (Wildman–Crippen LogP) is 1.68. The Bertz CT molecular complexity index is 442. The number of rotatable bonds is 1. The number of hydrogen-bond donors (Lipinski definition) is 0. The highest BCUT2D eigenvalue weighted by atomic mass is 15.1. The molecule has 0 fully saturated rings. The van der Waals surface area contributed by atoms with E-state index in [1.165, 1.54) is 11.1 Å². The molecule has 1 aromatic carbocycles. The Hall–Kier alpha value is -1.70. The number of fused-ring (bicyclic) bond motifs is 1. The molecule has 1 aromatic rings. The summed E-state index contributed by atoms with van der Waals surface area (Å²) in [6, 6.07) is 8.60. The molecule has 0 saturated heterocycles. The standard InChI is InChI=1S/C14H13N/c1-2-3-6-10-15-11-9-13-7-4-5-8-14(13)12-15/h1,4-5,7-8H,9-12H2. The largest absolute Gasteiger partial charge is 0.288 e. The third-order valence-electron chi connectivity index (χ3n) is 2.67. The topological polar surface area (TPSA) is 3.24 Å². The molecule has 0 N–H and O–H groups in total. The summed E-state index contributed by atoms with van der Waals surface area (Å²) < 4.78 is 0. The third kappa shape index (κ3) is 2.40. The molecule has 1 nitrogen and oxygen atoms in total. The molecule has 0 aromatic heterocycles. The summed E-state index contributed by atoms with van der Waals surface area (Å²) in [6.07, 6.45) is 6.20. The molecule has 0 bridgehead atoms. The molecule has 1 heterocycles. The van der Waals surface area contributed by atoms with E-state index in [-0.39, 0.29) is 0 Å². The Balaban J connectivity index is 2.03.